The van der Waals surface area contributed by atoms with Crippen molar-refractivity contribution in [1.82, 2.24) is 9.97 Å². The number of carbonyl (C=O) groups excluding carboxylic acids is 1. The third kappa shape index (κ3) is 3.02. The summed E-state index contributed by atoms with van der Waals surface area (Å²) in [6, 6.07) is 1.22. The Kier molecular flexibility index (Phi) is 3.70. The zero-order chi connectivity index (χ0) is 14.0. The number of Topliss-reactive ketones (excluding diaryl/α,β-unsaturated/α-hetero) is 1. The number of thioether (sulfide) groups is 1. The molecule has 7 nitrogen and oxygen atoms in total. The molecule has 0 saturated carbocycles. The van der Waals surface area contributed by atoms with Crippen LogP contribution in [0.3, 0.4) is 0 Å². The van der Waals surface area contributed by atoms with Crippen molar-refractivity contribution < 1.29 is 14.1 Å². The standard InChI is InChI=1S/C11H11N3O4S/c1-6-7(2)18-11(13-6)19-5-10(15)9-3-8(4-12-9)14(16)17/h3-4,12H,5H2,1-2H3. The van der Waals surface area contributed by atoms with Gasteiger partial charge in [-0.2, -0.15) is 0 Å². The van der Waals surface area contributed by atoms with Crippen LogP contribution < -0.4 is 0 Å². The number of aromatic nitrogens is 2. The quantitative estimate of drug-likeness (QED) is 0.391. The Morgan fingerprint density at radius 1 is 1.58 bits per heavy atom. The number of H-pyrrole nitrogens is 1. The molecule has 0 atom stereocenters. The van der Waals surface area contributed by atoms with E-state index >= 15 is 0 Å². The van der Waals surface area contributed by atoms with Gasteiger partial charge in [0.1, 0.15) is 5.76 Å². The van der Waals surface area contributed by atoms with Crippen molar-refractivity contribution in [2.24, 2.45) is 0 Å². The second kappa shape index (κ2) is 5.27. The maximum absolute atomic E-state index is 11.8. The van der Waals surface area contributed by atoms with Gasteiger partial charge in [-0.1, -0.05) is 11.8 Å². The molecule has 2 aromatic rings. The van der Waals surface area contributed by atoms with E-state index in [9.17, 15) is 14.9 Å². The van der Waals surface area contributed by atoms with Crippen molar-refractivity contribution in [2.75, 3.05) is 5.75 Å². The molecule has 0 aliphatic rings. The Morgan fingerprint density at radius 3 is 2.84 bits per heavy atom. The predicted octanol–water partition coefficient (Wildman–Crippen LogP) is 2.50. The van der Waals surface area contributed by atoms with Gasteiger partial charge in [0.15, 0.2) is 5.78 Å². The van der Waals surface area contributed by atoms with Crippen molar-refractivity contribution in [3.63, 3.8) is 0 Å². The lowest BCUT2D eigenvalue weighted by Crippen LogP contribution is -2.02. The Bertz CT molecular complexity index is 612. The first-order chi connectivity index (χ1) is 8.97. The average molecular weight is 281 g/mol. The van der Waals surface area contributed by atoms with Gasteiger partial charge < -0.3 is 9.40 Å². The Morgan fingerprint density at radius 2 is 2.32 bits per heavy atom. The average Bonchev–Trinajstić information content (AvgIpc) is 2.95. The molecule has 0 aliphatic carbocycles. The highest BCUT2D eigenvalue weighted by atomic mass is 32.2. The molecule has 0 fully saturated rings. The molecular weight excluding hydrogens is 270 g/mol. The number of hydrogen-bond acceptors (Lipinski definition) is 6. The zero-order valence-electron chi connectivity index (χ0n) is 10.3. The first kappa shape index (κ1) is 13.3. The van der Waals surface area contributed by atoms with Gasteiger partial charge in [0.05, 0.1) is 28.3 Å². The highest BCUT2D eigenvalue weighted by Gasteiger charge is 2.16. The lowest BCUT2D eigenvalue weighted by molar-refractivity contribution is -0.384. The van der Waals surface area contributed by atoms with Crippen LogP contribution in [0.2, 0.25) is 0 Å². The second-order valence-corrected chi connectivity index (χ2v) is 4.79. The summed E-state index contributed by atoms with van der Waals surface area (Å²) in [5.41, 5.74) is 0.862. The number of aryl methyl sites for hydroxylation is 2. The lowest BCUT2D eigenvalue weighted by atomic mass is 10.3. The number of nitrogens with one attached hydrogen (secondary N) is 1. The van der Waals surface area contributed by atoms with Gasteiger partial charge in [0.2, 0.25) is 0 Å². The van der Waals surface area contributed by atoms with E-state index in [-0.39, 0.29) is 22.9 Å². The summed E-state index contributed by atoms with van der Waals surface area (Å²) in [6.07, 6.45) is 1.19. The number of nitrogens with zero attached hydrogens (tertiary/aromatic N) is 2. The number of rotatable bonds is 5. The lowest BCUT2D eigenvalue weighted by Gasteiger charge is -1.94. The van der Waals surface area contributed by atoms with E-state index in [1.807, 2.05) is 6.92 Å². The third-order valence-corrected chi connectivity index (χ3v) is 3.34. The monoisotopic (exact) mass is 281 g/mol. The van der Waals surface area contributed by atoms with Crippen LogP contribution >= 0.6 is 11.8 Å². The fraction of sp³-hybridized carbons (Fsp3) is 0.273. The van der Waals surface area contributed by atoms with E-state index < -0.39 is 4.92 Å². The zero-order valence-corrected chi connectivity index (χ0v) is 11.1. The fourth-order valence-corrected chi connectivity index (χ4v) is 2.15. The van der Waals surface area contributed by atoms with Crippen LogP contribution in [0.4, 0.5) is 5.69 Å². The van der Waals surface area contributed by atoms with Gasteiger partial charge in [-0.3, -0.25) is 14.9 Å². The van der Waals surface area contributed by atoms with E-state index in [0.29, 0.717) is 11.0 Å². The molecule has 1 N–H and O–H groups in total. The molecule has 0 amide bonds. The molecule has 2 aromatic heterocycles. The van der Waals surface area contributed by atoms with Gasteiger partial charge in [-0.05, 0) is 13.8 Å². The molecular formula is C11H11N3O4S. The highest BCUT2D eigenvalue weighted by Crippen LogP contribution is 2.21. The topological polar surface area (TPSA) is 102 Å². The number of nitro groups is 1. The molecule has 0 unspecified atom stereocenters. The number of hydrogen-bond donors (Lipinski definition) is 1. The minimum atomic E-state index is -0.554. The van der Waals surface area contributed by atoms with Crippen molar-refractivity contribution >= 4 is 23.2 Å². The van der Waals surface area contributed by atoms with Crippen molar-refractivity contribution in [3.05, 3.63) is 39.5 Å². The van der Waals surface area contributed by atoms with Crippen LogP contribution in [-0.4, -0.2) is 26.4 Å². The minimum absolute atomic E-state index is 0.108. The second-order valence-electron chi connectivity index (χ2n) is 3.86. The summed E-state index contributed by atoms with van der Waals surface area (Å²) in [5.74, 6) is 0.578. The maximum atomic E-state index is 11.8. The van der Waals surface area contributed by atoms with Crippen LogP contribution in [0.5, 0.6) is 0 Å². The number of carbonyl (C=O) groups is 1. The van der Waals surface area contributed by atoms with Gasteiger partial charge >= 0.3 is 0 Å². The van der Waals surface area contributed by atoms with Crippen LogP contribution in [0.15, 0.2) is 21.9 Å². The summed E-state index contributed by atoms with van der Waals surface area (Å²) < 4.78 is 5.33. The summed E-state index contributed by atoms with van der Waals surface area (Å²) >= 11 is 1.16. The first-order valence-electron chi connectivity index (χ1n) is 5.40. The molecule has 0 bridgehead atoms. The summed E-state index contributed by atoms with van der Waals surface area (Å²) in [7, 11) is 0. The van der Waals surface area contributed by atoms with Gasteiger partial charge in [-0.25, -0.2) is 4.98 Å². The van der Waals surface area contributed by atoms with Crippen molar-refractivity contribution in [1.29, 1.82) is 0 Å². The summed E-state index contributed by atoms with van der Waals surface area (Å²) in [6.45, 7) is 3.61. The molecule has 0 aliphatic heterocycles. The minimum Gasteiger partial charge on any atom is -0.437 e. The first-order valence-corrected chi connectivity index (χ1v) is 6.38. The smallest absolute Gasteiger partial charge is 0.287 e. The van der Waals surface area contributed by atoms with E-state index in [1.165, 1.54) is 12.3 Å². The number of oxazole rings is 1. The molecule has 8 heteroatoms. The van der Waals surface area contributed by atoms with E-state index in [4.69, 9.17) is 4.42 Å². The third-order valence-electron chi connectivity index (χ3n) is 2.51. The van der Waals surface area contributed by atoms with Gasteiger partial charge in [0.25, 0.3) is 10.9 Å². The van der Waals surface area contributed by atoms with Crippen LogP contribution in [0, 0.1) is 24.0 Å². The van der Waals surface area contributed by atoms with Gasteiger partial charge in [-0.15, -0.1) is 0 Å². The van der Waals surface area contributed by atoms with Crippen LogP contribution in [-0.2, 0) is 0 Å². The summed E-state index contributed by atoms with van der Waals surface area (Å²) in [4.78, 5) is 28.5. The molecule has 0 radical (unpaired) electrons. The molecule has 19 heavy (non-hydrogen) atoms. The Hall–Kier alpha value is -2.09. The van der Waals surface area contributed by atoms with Crippen LogP contribution in [0.1, 0.15) is 21.9 Å². The van der Waals surface area contributed by atoms with Crippen molar-refractivity contribution in [3.8, 4) is 0 Å². The molecule has 100 valence electrons. The normalized spacial score (nSPS) is 10.6. The highest BCUT2D eigenvalue weighted by molar-refractivity contribution is 7.99. The SMILES string of the molecule is Cc1nc(SCC(=O)c2cc([N+](=O)[O-])c[nH]2)oc1C. The maximum Gasteiger partial charge on any atom is 0.287 e. The molecule has 2 rings (SSSR count). The van der Waals surface area contributed by atoms with Gasteiger partial charge in [0, 0.05) is 6.07 Å². The Labute approximate surface area is 112 Å². The summed E-state index contributed by atoms with van der Waals surface area (Å²) in [5, 5.41) is 10.9. The van der Waals surface area contributed by atoms with Crippen molar-refractivity contribution in [2.45, 2.75) is 19.1 Å². The predicted molar refractivity (Wildman–Crippen MR) is 68.5 cm³/mol. The largest absolute Gasteiger partial charge is 0.437 e. The molecule has 0 spiro atoms. The molecule has 0 aromatic carbocycles. The van der Waals surface area contributed by atoms with E-state index in [0.717, 1.165) is 17.5 Å². The number of ketones is 1. The van der Waals surface area contributed by atoms with E-state index in [1.54, 1.807) is 6.92 Å². The number of aromatic amines is 1. The molecule has 2 heterocycles. The fourth-order valence-electron chi connectivity index (χ4n) is 1.36. The Balaban J connectivity index is 1.99. The van der Waals surface area contributed by atoms with Crippen LogP contribution in [0.25, 0.3) is 0 Å². The van der Waals surface area contributed by atoms with E-state index in [2.05, 4.69) is 9.97 Å². The molecule has 0 saturated heterocycles.